The van der Waals surface area contributed by atoms with Gasteiger partial charge in [-0.15, -0.1) is 11.3 Å². The second-order valence-corrected chi connectivity index (χ2v) is 8.07. The Balaban J connectivity index is 1.86. The fourth-order valence-electron chi connectivity index (χ4n) is 2.81. The standard InChI is InChI=1S/C19H20ClN3O3S/c1-12(2)10-23-18(25)17-15(7-8-27-17)22(19(23)26)11-16(24)21-9-13-3-5-14(20)6-4-13/h3-8,12H,9-11H2,1-2H3,(H,21,24). The third kappa shape index (κ3) is 4.31. The molecule has 0 saturated heterocycles. The van der Waals surface area contributed by atoms with Crippen LogP contribution in [0.1, 0.15) is 19.4 Å². The third-order valence-corrected chi connectivity index (χ3v) is 5.23. The van der Waals surface area contributed by atoms with Crippen molar-refractivity contribution in [1.29, 1.82) is 0 Å². The second kappa shape index (κ2) is 8.10. The van der Waals surface area contributed by atoms with E-state index in [9.17, 15) is 14.4 Å². The number of carbonyl (C=O) groups is 1. The van der Waals surface area contributed by atoms with Crippen molar-refractivity contribution in [2.75, 3.05) is 0 Å². The van der Waals surface area contributed by atoms with Gasteiger partial charge in [0.25, 0.3) is 5.56 Å². The molecule has 0 aliphatic rings. The van der Waals surface area contributed by atoms with Gasteiger partial charge in [0.15, 0.2) is 0 Å². The first-order valence-electron chi connectivity index (χ1n) is 8.59. The maximum absolute atomic E-state index is 12.8. The maximum atomic E-state index is 12.8. The van der Waals surface area contributed by atoms with Crippen molar-refractivity contribution in [3.05, 3.63) is 67.1 Å². The molecule has 0 atom stereocenters. The zero-order chi connectivity index (χ0) is 19.6. The van der Waals surface area contributed by atoms with Gasteiger partial charge in [0, 0.05) is 18.1 Å². The minimum Gasteiger partial charge on any atom is -0.350 e. The van der Waals surface area contributed by atoms with Crippen LogP contribution < -0.4 is 16.6 Å². The largest absolute Gasteiger partial charge is 0.350 e. The first kappa shape index (κ1) is 19.4. The summed E-state index contributed by atoms with van der Waals surface area (Å²) in [5.41, 5.74) is 0.653. The highest BCUT2D eigenvalue weighted by molar-refractivity contribution is 7.17. The lowest BCUT2D eigenvalue weighted by Crippen LogP contribution is -2.42. The van der Waals surface area contributed by atoms with Crippen LogP contribution in [0.15, 0.2) is 45.3 Å². The number of halogens is 1. The number of hydrogen-bond acceptors (Lipinski definition) is 4. The predicted octanol–water partition coefficient (Wildman–Crippen LogP) is 2.85. The molecule has 142 valence electrons. The summed E-state index contributed by atoms with van der Waals surface area (Å²) in [4.78, 5) is 37.8. The van der Waals surface area contributed by atoms with Crippen LogP contribution >= 0.6 is 22.9 Å². The molecule has 6 nitrogen and oxygen atoms in total. The number of nitrogens with one attached hydrogen (secondary N) is 1. The molecule has 0 saturated carbocycles. The normalized spacial score (nSPS) is 11.3. The van der Waals surface area contributed by atoms with Crippen LogP contribution in [0.25, 0.3) is 10.2 Å². The highest BCUT2D eigenvalue weighted by Crippen LogP contribution is 2.15. The Hall–Kier alpha value is -2.38. The van der Waals surface area contributed by atoms with Gasteiger partial charge in [-0.25, -0.2) is 4.79 Å². The van der Waals surface area contributed by atoms with Crippen LogP contribution in [0, 0.1) is 5.92 Å². The number of rotatable bonds is 6. The number of nitrogens with zero attached hydrogens (tertiary/aromatic N) is 2. The summed E-state index contributed by atoms with van der Waals surface area (Å²) in [6, 6.07) is 8.87. The molecule has 0 aliphatic heterocycles. The highest BCUT2D eigenvalue weighted by Gasteiger charge is 2.16. The van der Waals surface area contributed by atoms with E-state index < -0.39 is 5.69 Å². The van der Waals surface area contributed by atoms with Crippen molar-refractivity contribution in [3.63, 3.8) is 0 Å². The van der Waals surface area contributed by atoms with Crippen LogP contribution in [0.4, 0.5) is 0 Å². The predicted molar refractivity (Wildman–Crippen MR) is 108 cm³/mol. The topological polar surface area (TPSA) is 73.1 Å². The minimum absolute atomic E-state index is 0.139. The molecule has 3 rings (SSSR count). The number of aromatic nitrogens is 2. The van der Waals surface area contributed by atoms with E-state index in [0.29, 0.717) is 28.3 Å². The minimum atomic E-state index is -0.457. The van der Waals surface area contributed by atoms with Crippen molar-refractivity contribution in [2.24, 2.45) is 5.92 Å². The first-order valence-corrected chi connectivity index (χ1v) is 9.84. The summed E-state index contributed by atoms with van der Waals surface area (Å²) in [5.74, 6) is -0.158. The van der Waals surface area contributed by atoms with Gasteiger partial charge < -0.3 is 5.32 Å². The number of hydrogen-bond donors (Lipinski definition) is 1. The molecule has 2 aromatic heterocycles. The monoisotopic (exact) mass is 405 g/mol. The summed E-state index contributed by atoms with van der Waals surface area (Å²) in [5, 5.41) is 5.19. The molecule has 0 unspecified atom stereocenters. The second-order valence-electron chi connectivity index (χ2n) is 6.72. The van der Waals surface area contributed by atoms with Crippen molar-refractivity contribution >= 4 is 39.1 Å². The highest BCUT2D eigenvalue weighted by atomic mass is 35.5. The van der Waals surface area contributed by atoms with Crippen LogP contribution in [-0.2, 0) is 24.4 Å². The van der Waals surface area contributed by atoms with Gasteiger partial charge in [0.1, 0.15) is 11.2 Å². The molecule has 1 N–H and O–H groups in total. The van der Waals surface area contributed by atoms with E-state index in [1.54, 1.807) is 23.6 Å². The summed E-state index contributed by atoms with van der Waals surface area (Å²) in [7, 11) is 0. The lowest BCUT2D eigenvalue weighted by molar-refractivity contribution is -0.121. The van der Waals surface area contributed by atoms with Gasteiger partial charge in [-0.3, -0.25) is 18.7 Å². The summed E-state index contributed by atoms with van der Waals surface area (Å²) in [6.45, 7) is 4.39. The van der Waals surface area contributed by atoms with E-state index in [1.807, 2.05) is 26.0 Å². The molecule has 8 heteroatoms. The molecular weight excluding hydrogens is 386 g/mol. The Bertz CT molecular complexity index is 1080. The number of fused-ring (bicyclic) bond motifs is 1. The lowest BCUT2D eigenvalue weighted by atomic mass is 10.2. The van der Waals surface area contributed by atoms with Gasteiger partial charge in [-0.1, -0.05) is 37.6 Å². The van der Waals surface area contributed by atoms with Gasteiger partial charge in [-0.2, -0.15) is 0 Å². The SMILES string of the molecule is CC(C)Cn1c(=O)c2sccc2n(CC(=O)NCc2ccc(Cl)cc2)c1=O. The smallest absolute Gasteiger partial charge is 0.332 e. The van der Waals surface area contributed by atoms with Crippen molar-refractivity contribution in [1.82, 2.24) is 14.5 Å². The summed E-state index contributed by atoms with van der Waals surface area (Å²) < 4.78 is 3.07. The van der Waals surface area contributed by atoms with E-state index in [-0.39, 0.29) is 23.9 Å². The molecule has 0 fully saturated rings. The van der Waals surface area contributed by atoms with E-state index in [1.165, 1.54) is 20.5 Å². The van der Waals surface area contributed by atoms with E-state index >= 15 is 0 Å². The maximum Gasteiger partial charge on any atom is 0.332 e. The van der Waals surface area contributed by atoms with Crippen LogP contribution in [0.5, 0.6) is 0 Å². The van der Waals surface area contributed by atoms with Gasteiger partial charge in [0.2, 0.25) is 5.91 Å². The average molecular weight is 406 g/mol. The molecule has 0 spiro atoms. The molecule has 0 bridgehead atoms. The Morgan fingerprint density at radius 1 is 1.15 bits per heavy atom. The lowest BCUT2D eigenvalue weighted by Gasteiger charge is -2.13. The fourth-order valence-corrected chi connectivity index (χ4v) is 3.78. The third-order valence-electron chi connectivity index (χ3n) is 4.09. The molecule has 0 aliphatic carbocycles. The Kier molecular flexibility index (Phi) is 5.82. The number of amides is 1. The quantitative estimate of drug-likeness (QED) is 0.685. The van der Waals surface area contributed by atoms with E-state index in [2.05, 4.69) is 5.32 Å². The number of carbonyl (C=O) groups excluding carboxylic acids is 1. The molecule has 2 heterocycles. The Morgan fingerprint density at radius 2 is 1.85 bits per heavy atom. The Labute approximate surface area is 165 Å². The van der Waals surface area contributed by atoms with Crippen LogP contribution in [0.2, 0.25) is 5.02 Å². The van der Waals surface area contributed by atoms with Gasteiger partial charge in [0.05, 0.1) is 5.52 Å². The molecule has 3 aromatic rings. The van der Waals surface area contributed by atoms with Gasteiger partial charge >= 0.3 is 5.69 Å². The van der Waals surface area contributed by atoms with E-state index in [4.69, 9.17) is 11.6 Å². The molecule has 1 aromatic carbocycles. The molecule has 1 amide bonds. The number of thiophene rings is 1. The molecule has 0 radical (unpaired) electrons. The zero-order valence-electron chi connectivity index (χ0n) is 15.1. The van der Waals surface area contributed by atoms with Crippen molar-refractivity contribution in [3.8, 4) is 0 Å². The van der Waals surface area contributed by atoms with Gasteiger partial charge in [-0.05, 0) is 35.1 Å². The summed E-state index contributed by atoms with van der Waals surface area (Å²) in [6.07, 6.45) is 0. The van der Waals surface area contributed by atoms with Crippen molar-refractivity contribution < 1.29 is 4.79 Å². The van der Waals surface area contributed by atoms with Crippen LogP contribution in [-0.4, -0.2) is 15.0 Å². The molecule has 27 heavy (non-hydrogen) atoms. The Morgan fingerprint density at radius 3 is 2.52 bits per heavy atom. The van der Waals surface area contributed by atoms with Crippen molar-refractivity contribution in [2.45, 2.75) is 33.5 Å². The molecular formula is C19H20ClN3O3S. The zero-order valence-corrected chi connectivity index (χ0v) is 16.6. The summed E-state index contributed by atoms with van der Waals surface area (Å²) >= 11 is 7.13. The van der Waals surface area contributed by atoms with E-state index in [0.717, 1.165) is 5.56 Å². The average Bonchev–Trinajstić information content (AvgIpc) is 3.11. The van der Waals surface area contributed by atoms with Crippen LogP contribution in [0.3, 0.4) is 0 Å². The first-order chi connectivity index (χ1) is 12.9. The number of benzene rings is 1. The fraction of sp³-hybridized carbons (Fsp3) is 0.316.